The molecule has 2 heterocycles. The predicted molar refractivity (Wildman–Crippen MR) is 85.7 cm³/mol. The van der Waals surface area contributed by atoms with Crippen LogP contribution < -0.4 is 10.6 Å². The van der Waals surface area contributed by atoms with Crippen molar-refractivity contribution < 1.29 is 4.79 Å². The molecule has 0 saturated carbocycles. The molecule has 2 N–H and O–H groups in total. The van der Waals surface area contributed by atoms with Crippen LogP contribution in [0.5, 0.6) is 0 Å². The van der Waals surface area contributed by atoms with Crippen LogP contribution in [0, 0.1) is 11.3 Å². The summed E-state index contributed by atoms with van der Waals surface area (Å²) in [5, 5.41) is 15.3. The van der Waals surface area contributed by atoms with Crippen LogP contribution in [-0.2, 0) is 4.79 Å². The van der Waals surface area contributed by atoms with Crippen molar-refractivity contribution in [3.8, 4) is 6.07 Å². The number of anilines is 1. The van der Waals surface area contributed by atoms with Gasteiger partial charge in [-0.2, -0.15) is 5.26 Å². The lowest BCUT2D eigenvalue weighted by Gasteiger charge is -2.27. The third kappa shape index (κ3) is 3.29. The van der Waals surface area contributed by atoms with Crippen molar-refractivity contribution in [2.24, 2.45) is 0 Å². The van der Waals surface area contributed by atoms with Gasteiger partial charge >= 0.3 is 0 Å². The molecule has 1 atom stereocenters. The molecular weight excluding hydrogens is 276 g/mol. The number of hydrogen-bond acceptors (Lipinski definition) is 4. The molecule has 5 nitrogen and oxygen atoms in total. The van der Waals surface area contributed by atoms with Crippen LogP contribution in [0.25, 0.3) is 0 Å². The quantitative estimate of drug-likeness (QED) is 0.811. The van der Waals surface area contributed by atoms with E-state index in [1.165, 1.54) is 0 Å². The number of hydrogen-bond donors (Lipinski definition) is 2. The van der Waals surface area contributed by atoms with Gasteiger partial charge in [-0.05, 0) is 43.1 Å². The highest BCUT2D eigenvalue weighted by atomic mass is 16.2. The summed E-state index contributed by atoms with van der Waals surface area (Å²) in [4.78, 5) is 14.6. The molecule has 1 unspecified atom stereocenters. The normalized spacial score (nSPS) is 21.2. The van der Waals surface area contributed by atoms with Crippen molar-refractivity contribution in [2.45, 2.75) is 25.2 Å². The van der Waals surface area contributed by atoms with Crippen molar-refractivity contribution >= 4 is 11.6 Å². The van der Waals surface area contributed by atoms with E-state index in [4.69, 9.17) is 5.26 Å². The number of amides is 1. The van der Waals surface area contributed by atoms with Gasteiger partial charge in [0.05, 0.1) is 17.6 Å². The summed E-state index contributed by atoms with van der Waals surface area (Å²) in [6.07, 6.45) is 3.02. The molecule has 2 aliphatic heterocycles. The molecule has 3 rings (SSSR count). The van der Waals surface area contributed by atoms with Gasteiger partial charge in [0.2, 0.25) is 5.91 Å². The second-order valence-corrected chi connectivity index (χ2v) is 6.04. The highest BCUT2D eigenvalue weighted by molar-refractivity contribution is 6.02. The number of rotatable bonds is 5. The highest BCUT2D eigenvalue weighted by Crippen LogP contribution is 2.36. The molecule has 116 valence electrons. The van der Waals surface area contributed by atoms with Crippen molar-refractivity contribution in [2.75, 3.05) is 38.0 Å². The zero-order valence-corrected chi connectivity index (χ0v) is 12.8. The summed E-state index contributed by atoms with van der Waals surface area (Å²) in [5.74, 6) is -0.0152. The summed E-state index contributed by atoms with van der Waals surface area (Å²) in [7, 11) is 0. The van der Waals surface area contributed by atoms with Crippen molar-refractivity contribution in [3.05, 3.63) is 29.3 Å². The first-order valence-corrected chi connectivity index (χ1v) is 8.06. The van der Waals surface area contributed by atoms with Gasteiger partial charge in [-0.15, -0.1) is 0 Å². The van der Waals surface area contributed by atoms with E-state index in [0.717, 1.165) is 63.2 Å². The average Bonchev–Trinajstić information content (AvgIpc) is 2.87. The molecular formula is C17H22N4O. The maximum Gasteiger partial charge on any atom is 0.232 e. The number of carbonyl (C=O) groups excluding carboxylic acids is 1. The summed E-state index contributed by atoms with van der Waals surface area (Å²) in [6.45, 7) is 5.52. The van der Waals surface area contributed by atoms with Crippen molar-refractivity contribution in [1.29, 1.82) is 5.26 Å². The predicted octanol–water partition coefficient (Wildman–Crippen LogP) is 1.67. The Balaban J connectivity index is 1.52. The number of fused-ring (bicyclic) bond motifs is 1. The molecule has 22 heavy (non-hydrogen) atoms. The number of nitrogens with one attached hydrogen (secondary N) is 2. The topological polar surface area (TPSA) is 68.2 Å². The Morgan fingerprint density at radius 1 is 1.27 bits per heavy atom. The molecule has 1 amide bonds. The van der Waals surface area contributed by atoms with Gasteiger partial charge in [0, 0.05) is 31.9 Å². The van der Waals surface area contributed by atoms with E-state index in [0.29, 0.717) is 5.56 Å². The van der Waals surface area contributed by atoms with Crippen LogP contribution in [0.3, 0.4) is 0 Å². The summed E-state index contributed by atoms with van der Waals surface area (Å²) < 4.78 is 0. The first-order valence-electron chi connectivity index (χ1n) is 8.06. The maximum absolute atomic E-state index is 12.1. The van der Waals surface area contributed by atoms with E-state index in [2.05, 4.69) is 21.6 Å². The Bertz CT molecular complexity index is 587. The third-order valence-corrected chi connectivity index (χ3v) is 4.56. The van der Waals surface area contributed by atoms with E-state index in [1.807, 2.05) is 12.1 Å². The Hall–Kier alpha value is -1.90. The van der Waals surface area contributed by atoms with Gasteiger partial charge in [0.1, 0.15) is 0 Å². The Kier molecular flexibility index (Phi) is 4.71. The second-order valence-electron chi connectivity index (χ2n) is 6.04. The van der Waals surface area contributed by atoms with Gasteiger partial charge in [0.15, 0.2) is 0 Å². The molecule has 1 aromatic rings. The van der Waals surface area contributed by atoms with Crippen LogP contribution >= 0.6 is 0 Å². The standard InChI is InChI=1S/C17H22N4O/c18-12-13-4-5-16-15(11-13)14(17(22)20-16)3-1-2-8-21-9-6-19-7-10-21/h4-5,11,14,19H,1-3,6-10H2,(H,20,22). The molecule has 1 saturated heterocycles. The van der Waals surface area contributed by atoms with Gasteiger partial charge in [-0.25, -0.2) is 0 Å². The number of unbranched alkanes of at least 4 members (excludes halogenated alkanes) is 1. The monoisotopic (exact) mass is 298 g/mol. The molecule has 0 aliphatic carbocycles. The molecule has 5 heteroatoms. The zero-order valence-electron chi connectivity index (χ0n) is 12.8. The second kappa shape index (κ2) is 6.91. The number of carbonyl (C=O) groups is 1. The van der Waals surface area contributed by atoms with Crippen molar-refractivity contribution in [3.63, 3.8) is 0 Å². The molecule has 0 aromatic heterocycles. The summed E-state index contributed by atoms with van der Waals surface area (Å²) in [5.41, 5.74) is 2.49. The number of nitriles is 1. The third-order valence-electron chi connectivity index (χ3n) is 4.56. The van der Waals surface area contributed by atoms with Crippen LogP contribution in [0.2, 0.25) is 0 Å². The first kappa shape index (κ1) is 15.0. The van der Waals surface area contributed by atoms with Crippen LogP contribution in [0.4, 0.5) is 5.69 Å². The van der Waals surface area contributed by atoms with Crippen LogP contribution in [0.15, 0.2) is 18.2 Å². The number of nitrogens with zero attached hydrogens (tertiary/aromatic N) is 2. The summed E-state index contributed by atoms with van der Waals surface area (Å²) in [6, 6.07) is 7.60. The van der Waals surface area contributed by atoms with Gasteiger partial charge < -0.3 is 15.5 Å². The fourth-order valence-corrected chi connectivity index (χ4v) is 3.30. The maximum atomic E-state index is 12.1. The Morgan fingerprint density at radius 2 is 2.09 bits per heavy atom. The summed E-state index contributed by atoms with van der Waals surface area (Å²) >= 11 is 0. The molecule has 2 aliphatic rings. The molecule has 1 fully saturated rings. The lowest BCUT2D eigenvalue weighted by molar-refractivity contribution is -0.117. The van der Waals surface area contributed by atoms with E-state index >= 15 is 0 Å². The van der Waals surface area contributed by atoms with Gasteiger partial charge in [-0.1, -0.05) is 6.42 Å². The largest absolute Gasteiger partial charge is 0.325 e. The van der Waals surface area contributed by atoms with Gasteiger partial charge in [0.25, 0.3) is 0 Å². The van der Waals surface area contributed by atoms with E-state index in [9.17, 15) is 4.79 Å². The van der Waals surface area contributed by atoms with E-state index < -0.39 is 0 Å². The SMILES string of the molecule is N#Cc1ccc2c(c1)C(CCCCN1CCNCC1)C(=O)N2. The Morgan fingerprint density at radius 3 is 2.86 bits per heavy atom. The molecule has 0 spiro atoms. The van der Waals surface area contributed by atoms with Crippen LogP contribution in [0.1, 0.15) is 36.3 Å². The molecule has 1 aromatic carbocycles. The Labute approximate surface area is 131 Å². The minimum atomic E-state index is -0.0914. The lowest BCUT2D eigenvalue weighted by atomic mass is 9.93. The lowest BCUT2D eigenvalue weighted by Crippen LogP contribution is -2.43. The average molecular weight is 298 g/mol. The van der Waals surface area contributed by atoms with Crippen molar-refractivity contribution in [1.82, 2.24) is 10.2 Å². The number of benzene rings is 1. The fourth-order valence-electron chi connectivity index (χ4n) is 3.30. The van der Waals surface area contributed by atoms with E-state index in [-0.39, 0.29) is 11.8 Å². The van der Waals surface area contributed by atoms with Gasteiger partial charge in [-0.3, -0.25) is 4.79 Å². The number of piperazine rings is 1. The minimum Gasteiger partial charge on any atom is -0.325 e. The highest BCUT2D eigenvalue weighted by Gasteiger charge is 2.30. The fraction of sp³-hybridized carbons (Fsp3) is 0.529. The van der Waals surface area contributed by atoms with Crippen LogP contribution in [-0.4, -0.2) is 43.5 Å². The zero-order chi connectivity index (χ0) is 15.4. The van der Waals surface area contributed by atoms with E-state index in [1.54, 1.807) is 6.07 Å². The molecule has 0 radical (unpaired) electrons. The minimum absolute atomic E-state index is 0.0762. The molecule has 0 bridgehead atoms. The smallest absolute Gasteiger partial charge is 0.232 e. The first-order chi connectivity index (χ1) is 10.8.